The Morgan fingerprint density at radius 3 is 1.66 bits per heavy atom. The lowest BCUT2D eigenvalue weighted by Crippen LogP contribution is -2.25. The van der Waals surface area contributed by atoms with Gasteiger partial charge in [0.2, 0.25) is 0 Å². The zero-order chi connectivity index (χ0) is 41.2. The first-order valence-electron chi connectivity index (χ1n) is 21.7. The molecule has 0 atom stereocenters. The molecule has 62 heavy (non-hydrogen) atoms. The van der Waals surface area contributed by atoms with E-state index in [1.165, 1.54) is 83.5 Å². The summed E-state index contributed by atoms with van der Waals surface area (Å²) in [6.45, 7) is 4.78. The number of hydrogen-bond acceptors (Lipinski definition) is 2. The van der Waals surface area contributed by atoms with Crippen LogP contribution in [0, 0.1) is 0 Å². The highest BCUT2D eigenvalue weighted by atomic mass is 16.3. The first-order chi connectivity index (χ1) is 30.5. The maximum atomic E-state index is 7.23. The van der Waals surface area contributed by atoms with Gasteiger partial charge in [-0.3, -0.25) is 0 Å². The van der Waals surface area contributed by atoms with Gasteiger partial charge in [0.15, 0.2) is 0 Å². The van der Waals surface area contributed by atoms with Crippen LogP contribution in [0.5, 0.6) is 0 Å². The van der Waals surface area contributed by atoms with E-state index in [0.717, 1.165) is 33.8 Å². The van der Waals surface area contributed by atoms with Crippen molar-refractivity contribution in [1.29, 1.82) is 0 Å². The van der Waals surface area contributed by atoms with Crippen LogP contribution in [0.15, 0.2) is 217 Å². The van der Waals surface area contributed by atoms with Gasteiger partial charge in [-0.15, -0.1) is 0 Å². The summed E-state index contributed by atoms with van der Waals surface area (Å²) in [5, 5.41) is 1.13. The Balaban J connectivity index is 1.10. The number of para-hydroxylation sites is 2. The summed E-state index contributed by atoms with van der Waals surface area (Å²) in [5.74, 6) is 0.995. The first-order valence-corrected chi connectivity index (χ1v) is 21.7. The largest absolute Gasteiger partial charge is 0.459 e. The molecule has 0 fully saturated rings. The summed E-state index contributed by atoms with van der Waals surface area (Å²) in [6, 6.07) is 78.1. The lowest BCUT2D eigenvalue weighted by Gasteiger charge is -2.32. The van der Waals surface area contributed by atoms with Crippen molar-refractivity contribution in [2.75, 3.05) is 4.90 Å². The second-order valence-electron chi connectivity index (χ2n) is 17.5. The second-order valence-corrected chi connectivity index (χ2v) is 17.5. The van der Waals surface area contributed by atoms with Crippen LogP contribution in [0.1, 0.15) is 47.4 Å². The van der Waals surface area contributed by atoms with Crippen molar-refractivity contribution in [3.63, 3.8) is 0 Å². The number of furan rings is 1. The molecule has 0 saturated carbocycles. The molecule has 292 valence electrons. The quantitative estimate of drug-likeness (QED) is 0.173. The molecule has 2 heteroatoms. The maximum absolute atomic E-state index is 7.23. The molecule has 0 saturated heterocycles. The highest BCUT2D eigenvalue weighted by Crippen LogP contribution is 2.67. The van der Waals surface area contributed by atoms with Crippen molar-refractivity contribution in [3.8, 4) is 55.6 Å². The van der Waals surface area contributed by atoms with E-state index in [1.54, 1.807) is 0 Å². The van der Waals surface area contributed by atoms with Crippen molar-refractivity contribution in [2.45, 2.75) is 24.7 Å². The molecule has 3 aliphatic carbocycles. The van der Waals surface area contributed by atoms with Gasteiger partial charge in [-0.05, 0) is 103 Å². The van der Waals surface area contributed by atoms with Crippen LogP contribution in [-0.4, -0.2) is 0 Å². The minimum atomic E-state index is -0.629. The first kappa shape index (κ1) is 35.1. The zero-order valence-corrected chi connectivity index (χ0v) is 34.6. The van der Waals surface area contributed by atoms with Crippen LogP contribution in [0.2, 0.25) is 0 Å². The number of rotatable bonds is 5. The van der Waals surface area contributed by atoms with Crippen LogP contribution in [0.3, 0.4) is 0 Å². The third kappa shape index (κ3) is 4.64. The van der Waals surface area contributed by atoms with Crippen LogP contribution >= 0.6 is 0 Å². The standard InChI is InChI=1S/C60H41NO/c1-59(2)51-36-40(38-18-5-3-6-19-38)32-34-45(51)46-35-33-41(37-52(46)59)61(53-29-15-11-22-42(53)39-20-7-4-8-21-39)54-30-17-28-50-57(54)56-47-25-12-16-31-55(47)62-58(56)60(50)48-26-13-9-23-43(48)44-24-10-14-27-49(44)60/h3-37H,1-2H3. The van der Waals surface area contributed by atoms with Crippen molar-refractivity contribution in [1.82, 2.24) is 0 Å². The van der Waals surface area contributed by atoms with E-state index in [4.69, 9.17) is 4.42 Å². The van der Waals surface area contributed by atoms with Crippen LogP contribution in [0.4, 0.5) is 17.1 Å². The Morgan fingerprint density at radius 1 is 0.371 bits per heavy atom. The predicted molar refractivity (Wildman–Crippen MR) is 256 cm³/mol. The average Bonchev–Trinajstić information content (AvgIpc) is 4.02. The van der Waals surface area contributed by atoms with Crippen LogP contribution in [-0.2, 0) is 10.8 Å². The Labute approximate surface area is 362 Å². The molecular formula is C60H41NO. The molecule has 13 rings (SSSR count). The van der Waals surface area contributed by atoms with E-state index in [1.807, 2.05) is 0 Å². The van der Waals surface area contributed by atoms with E-state index in [9.17, 15) is 0 Å². The normalized spacial score (nSPS) is 14.2. The molecule has 3 aliphatic rings. The van der Waals surface area contributed by atoms with E-state index in [0.29, 0.717) is 0 Å². The molecule has 9 aromatic carbocycles. The van der Waals surface area contributed by atoms with Crippen LogP contribution in [0.25, 0.3) is 66.6 Å². The molecule has 1 heterocycles. The monoisotopic (exact) mass is 791 g/mol. The van der Waals surface area contributed by atoms with Gasteiger partial charge in [0.25, 0.3) is 0 Å². The average molecular weight is 792 g/mol. The number of fused-ring (bicyclic) bond motifs is 15. The molecule has 0 unspecified atom stereocenters. The van der Waals surface area contributed by atoms with Crippen molar-refractivity contribution >= 4 is 28.0 Å². The molecule has 0 radical (unpaired) electrons. The molecule has 0 N–H and O–H groups in total. The second kappa shape index (κ2) is 12.9. The highest BCUT2D eigenvalue weighted by Gasteiger charge is 2.56. The Hall–Kier alpha value is -7.68. The van der Waals surface area contributed by atoms with Gasteiger partial charge in [-0.1, -0.05) is 190 Å². The zero-order valence-electron chi connectivity index (χ0n) is 34.6. The fourth-order valence-corrected chi connectivity index (χ4v) is 11.4. The van der Waals surface area contributed by atoms with Gasteiger partial charge < -0.3 is 9.32 Å². The highest BCUT2D eigenvalue weighted by molar-refractivity contribution is 6.09. The van der Waals surface area contributed by atoms with E-state index >= 15 is 0 Å². The topological polar surface area (TPSA) is 16.4 Å². The molecule has 1 aromatic heterocycles. The van der Waals surface area contributed by atoms with Crippen molar-refractivity contribution < 1.29 is 4.42 Å². The Kier molecular flexibility index (Phi) is 7.31. The van der Waals surface area contributed by atoms with Gasteiger partial charge in [0.05, 0.1) is 11.4 Å². The molecular weight excluding hydrogens is 751 g/mol. The number of nitrogens with zero attached hydrogens (tertiary/aromatic N) is 1. The Bertz CT molecular complexity index is 3400. The van der Waals surface area contributed by atoms with E-state index in [-0.39, 0.29) is 5.41 Å². The summed E-state index contributed by atoms with van der Waals surface area (Å²) in [6.07, 6.45) is 0. The maximum Gasteiger partial charge on any atom is 0.135 e. The van der Waals surface area contributed by atoms with Gasteiger partial charge >= 0.3 is 0 Å². The number of benzene rings is 9. The molecule has 1 spiro atoms. The van der Waals surface area contributed by atoms with Crippen molar-refractivity contribution in [2.24, 2.45) is 0 Å². The summed E-state index contributed by atoms with van der Waals surface area (Å²) in [7, 11) is 0. The lowest BCUT2D eigenvalue weighted by molar-refractivity contribution is 0.507. The molecule has 0 bridgehead atoms. The SMILES string of the molecule is CC1(C)c2cc(-c3ccccc3)ccc2-c2ccc(N(c3ccccc3-c3ccccc3)c3cccc4c3-c3c(oc5ccccc35)C43c4ccccc4-c4ccccc43)cc21. The summed E-state index contributed by atoms with van der Waals surface area (Å²) < 4.78 is 7.23. The molecule has 0 aliphatic heterocycles. The summed E-state index contributed by atoms with van der Waals surface area (Å²) in [5.41, 5.74) is 22.2. The Morgan fingerprint density at radius 2 is 0.919 bits per heavy atom. The molecule has 0 amide bonds. The van der Waals surface area contributed by atoms with Gasteiger partial charge in [-0.2, -0.15) is 0 Å². The summed E-state index contributed by atoms with van der Waals surface area (Å²) in [4.78, 5) is 2.53. The predicted octanol–water partition coefficient (Wildman–Crippen LogP) is 15.9. The van der Waals surface area contributed by atoms with E-state index < -0.39 is 5.41 Å². The molecule has 2 nitrogen and oxygen atoms in total. The van der Waals surface area contributed by atoms with E-state index in [2.05, 4.69) is 231 Å². The minimum absolute atomic E-state index is 0.232. The van der Waals surface area contributed by atoms with Gasteiger partial charge in [-0.25, -0.2) is 0 Å². The lowest BCUT2D eigenvalue weighted by atomic mass is 9.73. The van der Waals surface area contributed by atoms with Crippen molar-refractivity contribution in [3.05, 3.63) is 246 Å². The fourth-order valence-electron chi connectivity index (χ4n) is 11.4. The third-order valence-electron chi connectivity index (χ3n) is 14.1. The number of anilines is 3. The van der Waals surface area contributed by atoms with Crippen LogP contribution < -0.4 is 4.90 Å². The van der Waals surface area contributed by atoms with Gasteiger partial charge in [0.1, 0.15) is 16.8 Å². The molecule has 10 aromatic rings. The smallest absolute Gasteiger partial charge is 0.135 e. The minimum Gasteiger partial charge on any atom is -0.459 e. The summed E-state index contributed by atoms with van der Waals surface area (Å²) >= 11 is 0. The third-order valence-corrected chi connectivity index (χ3v) is 14.1. The van der Waals surface area contributed by atoms with Gasteiger partial charge in [0, 0.05) is 33.2 Å². The fraction of sp³-hybridized carbons (Fsp3) is 0.0667. The number of hydrogen-bond donors (Lipinski definition) is 0.